The molecule has 0 spiro atoms. The Hall–Kier alpha value is -1.61. The maximum absolute atomic E-state index is 12.5. The molecule has 1 N–H and O–H groups in total. The Morgan fingerprint density at radius 3 is 2.89 bits per heavy atom. The highest BCUT2D eigenvalue weighted by atomic mass is 16.1. The molecule has 1 fully saturated rings. The van der Waals surface area contributed by atoms with Gasteiger partial charge in [-0.05, 0) is 31.9 Å². The van der Waals surface area contributed by atoms with Crippen LogP contribution in [0.3, 0.4) is 0 Å². The van der Waals surface area contributed by atoms with Gasteiger partial charge in [0, 0.05) is 28.7 Å². The van der Waals surface area contributed by atoms with E-state index in [1.807, 2.05) is 30.5 Å². The number of nitrogens with one attached hydrogen (secondary N) is 1. The Bertz CT molecular complexity index is 583. The number of para-hydroxylation sites is 1. The minimum Gasteiger partial charge on any atom is -0.360 e. The molecular weight excluding hydrogens is 236 g/mol. The first-order valence-corrected chi connectivity index (χ1v) is 7.13. The van der Waals surface area contributed by atoms with E-state index in [2.05, 4.69) is 16.8 Å². The maximum Gasteiger partial charge on any atom is 0.178 e. The molecule has 0 bridgehead atoms. The van der Waals surface area contributed by atoms with Gasteiger partial charge in [0.2, 0.25) is 0 Å². The van der Waals surface area contributed by atoms with Crippen molar-refractivity contribution < 1.29 is 4.79 Å². The van der Waals surface area contributed by atoms with Crippen LogP contribution in [0, 0.1) is 0 Å². The van der Waals surface area contributed by atoms with Crippen LogP contribution in [-0.4, -0.2) is 34.8 Å². The zero-order valence-corrected chi connectivity index (χ0v) is 11.4. The van der Waals surface area contributed by atoms with Crippen LogP contribution >= 0.6 is 0 Å². The van der Waals surface area contributed by atoms with Gasteiger partial charge in [-0.3, -0.25) is 9.69 Å². The first-order valence-electron chi connectivity index (χ1n) is 7.13. The number of rotatable bonds is 6. The standard InChI is InChI=1S/C16H20N2O/c1-2-9-18(12-7-8-12)11-16(19)14-10-17-15-6-4-3-5-13(14)15/h3-6,10,12,17H,2,7-9,11H2,1H3. The van der Waals surface area contributed by atoms with E-state index in [1.54, 1.807) is 0 Å². The lowest BCUT2D eigenvalue weighted by Crippen LogP contribution is -2.32. The minimum atomic E-state index is 0.234. The molecular formula is C16H20N2O. The summed E-state index contributed by atoms with van der Waals surface area (Å²) in [7, 11) is 0. The Morgan fingerprint density at radius 2 is 2.16 bits per heavy atom. The molecule has 0 atom stereocenters. The van der Waals surface area contributed by atoms with Crippen LogP contribution in [-0.2, 0) is 0 Å². The number of carbonyl (C=O) groups excluding carboxylic acids is 1. The number of aromatic nitrogens is 1. The zero-order chi connectivity index (χ0) is 13.2. The third-order valence-electron chi connectivity index (χ3n) is 3.81. The van der Waals surface area contributed by atoms with Crippen molar-refractivity contribution in [3.8, 4) is 0 Å². The van der Waals surface area contributed by atoms with E-state index in [4.69, 9.17) is 0 Å². The quantitative estimate of drug-likeness (QED) is 0.805. The fourth-order valence-corrected chi connectivity index (χ4v) is 2.69. The Kier molecular flexibility index (Phi) is 3.38. The van der Waals surface area contributed by atoms with Gasteiger partial charge in [-0.2, -0.15) is 0 Å². The normalized spacial score (nSPS) is 15.3. The fourth-order valence-electron chi connectivity index (χ4n) is 2.69. The summed E-state index contributed by atoms with van der Waals surface area (Å²) in [6.07, 6.45) is 5.46. The number of Topliss-reactive ketones (excluding diaryl/α,β-unsaturated/α-hetero) is 1. The summed E-state index contributed by atoms with van der Waals surface area (Å²) < 4.78 is 0. The number of ketones is 1. The fraction of sp³-hybridized carbons (Fsp3) is 0.438. The summed E-state index contributed by atoms with van der Waals surface area (Å²) in [5, 5.41) is 1.04. The molecule has 0 saturated heterocycles. The summed E-state index contributed by atoms with van der Waals surface area (Å²) >= 11 is 0. The molecule has 1 aliphatic rings. The van der Waals surface area contributed by atoms with E-state index in [-0.39, 0.29) is 5.78 Å². The number of aromatic amines is 1. The van der Waals surface area contributed by atoms with E-state index >= 15 is 0 Å². The molecule has 3 heteroatoms. The van der Waals surface area contributed by atoms with Gasteiger partial charge in [0.05, 0.1) is 6.54 Å². The maximum atomic E-state index is 12.5. The topological polar surface area (TPSA) is 36.1 Å². The second-order valence-corrected chi connectivity index (χ2v) is 5.37. The van der Waals surface area contributed by atoms with Crippen molar-refractivity contribution >= 4 is 16.7 Å². The van der Waals surface area contributed by atoms with Crippen molar-refractivity contribution in [2.45, 2.75) is 32.2 Å². The lowest BCUT2D eigenvalue weighted by molar-refractivity contribution is 0.0926. The summed E-state index contributed by atoms with van der Waals surface area (Å²) in [5.41, 5.74) is 1.87. The van der Waals surface area contributed by atoms with E-state index < -0.39 is 0 Å². The SMILES string of the molecule is CCCN(CC(=O)c1c[nH]c2ccccc12)C1CC1. The molecule has 2 aromatic rings. The molecule has 1 aromatic heterocycles. The molecule has 100 valence electrons. The zero-order valence-electron chi connectivity index (χ0n) is 11.4. The van der Waals surface area contributed by atoms with Crippen LogP contribution in [0.4, 0.5) is 0 Å². The van der Waals surface area contributed by atoms with E-state index in [0.29, 0.717) is 12.6 Å². The van der Waals surface area contributed by atoms with Crippen LogP contribution in [0.1, 0.15) is 36.5 Å². The van der Waals surface area contributed by atoms with Crippen LogP contribution < -0.4 is 0 Å². The number of fused-ring (bicyclic) bond motifs is 1. The summed E-state index contributed by atoms with van der Waals surface area (Å²) in [6, 6.07) is 8.64. The Labute approximate surface area is 113 Å². The smallest absolute Gasteiger partial charge is 0.178 e. The van der Waals surface area contributed by atoms with Gasteiger partial charge in [0.1, 0.15) is 0 Å². The molecule has 3 rings (SSSR count). The van der Waals surface area contributed by atoms with E-state index in [9.17, 15) is 4.79 Å². The summed E-state index contributed by atoms with van der Waals surface area (Å²) in [6.45, 7) is 3.75. The molecule has 0 amide bonds. The Morgan fingerprint density at radius 1 is 1.37 bits per heavy atom. The van der Waals surface area contributed by atoms with Crippen molar-refractivity contribution in [1.82, 2.24) is 9.88 Å². The number of hydrogen-bond donors (Lipinski definition) is 1. The molecule has 1 aliphatic carbocycles. The minimum absolute atomic E-state index is 0.234. The van der Waals surface area contributed by atoms with Gasteiger partial charge in [-0.15, -0.1) is 0 Å². The van der Waals surface area contributed by atoms with Crippen molar-refractivity contribution in [2.24, 2.45) is 0 Å². The van der Waals surface area contributed by atoms with Gasteiger partial charge in [-0.25, -0.2) is 0 Å². The van der Waals surface area contributed by atoms with Gasteiger partial charge >= 0.3 is 0 Å². The highest BCUT2D eigenvalue weighted by Gasteiger charge is 2.30. The first-order chi connectivity index (χ1) is 9.29. The van der Waals surface area contributed by atoms with Crippen LogP contribution in [0.2, 0.25) is 0 Å². The summed E-state index contributed by atoms with van der Waals surface area (Å²) in [5.74, 6) is 0.234. The molecule has 3 nitrogen and oxygen atoms in total. The monoisotopic (exact) mass is 256 g/mol. The van der Waals surface area contributed by atoms with Gasteiger partial charge in [0.25, 0.3) is 0 Å². The van der Waals surface area contributed by atoms with Crippen molar-refractivity contribution in [2.75, 3.05) is 13.1 Å². The average molecular weight is 256 g/mol. The predicted molar refractivity (Wildman–Crippen MR) is 77.5 cm³/mol. The highest BCUT2D eigenvalue weighted by Crippen LogP contribution is 2.27. The van der Waals surface area contributed by atoms with Crippen LogP contribution in [0.15, 0.2) is 30.5 Å². The molecule has 0 aliphatic heterocycles. The highest BCUT2D eigenvalue weighted by molar-refractivity contribution is 6.08. The molecule has 0 radical (unpaired) electrons. The van der Waals surface area contributed by atoms with Crippen molar-refractivity contribution in [3.05, 3.63) is 36.0 Å². The third kappa shape index (κ3) is 2.56. The first kappa shape index (κ1) is 12.4. The molecule has 1 heterocycles. The second kappa shape index (κ2) is 5.17. The van der Waals surface area contributed by atoms with Crippen LogP contribution in [0.25, 0.3) is 10.9 Å². The summed E-state index contributed by atoms with van der Waals surface area (Å²) in [4.78, 5) is 18.0. The molecule has 0 unspecified atom stereocenters. The lowest BCUT2D eigenvalue weighted by atomic mass is 10.1. The number of nitrogens with zero attached hydrogens (tertiary/aromatic N) is 1. The van der Waals surface area contributed by atoms with Crippen molar-refractivity contribution in [3.63, 3.8) is 0 Å². The van der Waals surface area contributed by atoms with E-state index in [0.717, 1.165) is 29.4 Å². The van der Waals surface area contributed by atoms with Crippen molar-refractivity contribution in [1.29, 1.82) is 0 Å². The van der Waals surface area contributed by atoms with E-state index in [1.165, 1.54) is 12.8 Å². The lowest BCUT2D eigenvalue weighted by Gasteiger charge is -2.19. The number of hydrogen-bond acceptors (Lipinski definition) is 2. The second-order valence-electron chi connectivity index (χ2n) is 5.37. The number of H-pyrrole nitrogens is 1. The van der Waals surface area contributed by atoms with Crippen LogP contribution in [0.5, 0.6) is 0 Å². The average Bonchev–Trinajstić information content (AvgIpc) is 3.17. The molecule has 1 saturated carbocycles. The van der Waals surface area contributed by atoms with Gasteiger partial charge < -0.3 is 4.98 Å². The molecule has 1 aromatic carbocycles. The third-order valence-corrected chi connectivity index (χ3v) is 3.81. The molecule has 19 heavy (non-hydrogen) atoms. The number of carbonyl (C=O) groups is 1. The Balaban J connectivity index is 1.79. The number of benzene rings is 1. The largest absolute Gasteiger partial charge is 0.360 e. The predicted octanol–water partition coefficient (Wildman–Crippen LogP) is 3.23. The van der Waals surface area contributed by atoms with Gasteiger partial charge in [-0.1, -0.05) is 25.1 Å². The van der Waals surface area contributed by atoms with Gasteiger partial charge in [0.15, 0.2) is 5.78 Å².